The SMILES string of the molecule is CCn1ncnc1C1(O)CC(C)(C)C1. The molecule has 4 nitrogen and oxygen atoms in total. The average Bonchev–Trinajstić information content (AvgIpc) is 2.47. The van der Waals surface area contributed by atoms with Crippen molar-refractivity contribution >= 4 is 0 Å². The molecule has 1 aliphatic carbocycles. The van der Waals surface area contributed by atoms with Gasteiger partial charge in [-0.3, -0.25) is 0 Å². The number of nitrogens with zero attached hydrogens (tertiary/aromatic N) is 3. The molecule has 4 heteroatoms. The fourth-order valence-corrected chi connectivity index (χ4v) is 2.55. The Balaban J connectivity index is 2.24. The minimum Gasteiger partial charge on any atom is -0.382 e. The molecule has 0 unspecified atom stereocenters. The van der Waals surface area contributed by atoms with E-state index in [0.717, 1.165) is 25.2 Å². The molecule has 0 aliphatic heterocycles. The van der Waals surface area contributed by atoms with Crippen LogP contribution in [0.15, 0.2) is 6.33 Å². The second-order valence-electron chi connectivity index (χ2n) is 4.95. The monoisotopic (exact) mass is 195 g/mol. The van der Waals surface area contributed by atoms with Crippen LogP contribution >= 0.6 is 0 Å². The molecule has 0 amide bonds. The summed E-state index contributed by atoms with van der Waals surface area (Å²) in [6.07, 6.45) is 3.07. The first kappa shape index (κ1) is 9.65. The maximum Gasteiger partial charge on any atom is 0.158 e. The Morgan fingerprint density at radius 2 is 2.14 bits per heavy atom. The summed E-state index contributed by atoms with van der Waals surface area (Å²) in [7, 11) is 0. The second-order valence-corrected chi connectivity index (χ2v) is 4.95. The van der Waals surface area contributed by atoms with Gasteiger partial charge in [-0.2, -0.15) is 5.10 Å². The number of rotatable bonds is 2. The van der Waals surface area contributed by atoms with Crippen molar-refractivity contribution in [2.24, 2.45) is 5.41 Å². The summed E-state index contributed by atoms with van der Waals surface area (Å²) in [6.45, 7) is 7.09. The maximum absolute atomic E-state index is 10.3. The third kappa shape index (κ3) is 1.34. The Morgan fingerprint density at radius 1 is 1.50 bits per heavy atom. The zero-order valence-electron chi connectivity index (χ0n) is 8.99. The molecule has 0 saturated heterocycles. The zero-order chi connectivity index (χ0) is 10.4. The number of aliphatic hydroxyl groups is 1. The second kappa shape index (κ2) is 2.79. The van der Waals surface area contributed by atoms with E-state index in [1.807, 2.05) is 6.92 Å². The van der Waals surface area contributed by atoms with E-state index in [4.69, 9.17) is 0 Å². The van der Waals surface area contributed by atoms with E-state index in [0.29, 0.717) is 0 Å². The van der Waals surface area contributed by atoms with Crippen LogP contribution in [0.4, 0.5) is 0 Å². The van der Waals surface area contributed by atoms with Gasteiger partial charge < -0.3 is 5.11 Å². The highest BCUT2D eigenvalue weighted by Gasteiger charge is 2.51. The van der Waals surface area contributed by atoms with E-state index in [2.05, 4.69) is 23.9 Å². The Labute approximate surface area is 84.0 Å². The summed E-state index contributed by atoms with van der Waals surface area (Å²) in [4.78, 5) is 4.15. The van der Waals surface area contributed by atoms with Gasteiger partial charge in [-0.15, -0.1) is 0 Å². The number of hydrogen-bond acceptors (Lipinski definition) is 3. The van der Waals surface area contributed by atoms with Crippen molar-refractivity contribution in [3.05, 3.63) is 12.2 Å². The Hall–Kier alpha value is -0.900. The Kier molecular flexibility index (Phi) is 1.93. The van der Waals surface area contributed by atoms with E-state index < -0.39 is 5.60 Å². The summed E-state index contributed by atoms with van der Waals surface area (Å²) in [5.74, 6) is 0.722. The molecule has 0 atom stereocenters. The van der Waals surface area contributed by atoms with Gasteiger partial charge in [-0.1, -0.05) is 13.8 Å². The minimum absolute atomic E-state index is 0.235. The molecule has 0 bridgehead atoms. The first-order chi connectivity index (χ1) is 6.47. The van der Waals surface area contributed by atoms with E-state index in [1.54, 1.807) is 4.68 Å². The molecule has 78 valence electrons. The maximum atomic E-state index is 10.3. The van der Waals surface area contributed by atoms with Crippen LogP contribution in [0.5, 0.6) is 0 Å². The van der Waals surface area contributed by atoms with Gasteiger partial charge in [0.15, 0.2) is 5.82 Å². The highest BCUT2D eigenvalue weighted by molar-refractivity contribution is 5.11. The molecule has 0 spiro atoms. The average molecular weight is 195 g/mol. The summed E-state index contributed by atoms with van der Waals surface area (Å²) in [5, 5.41) is 14.4. The number of aryl methyl sites for hydroxylation is 1. The lowest BCUT2D eigenvalue weighted by molar-refractivity contribution is -0.127. The predicted molar refractivity (Wildman–Crippen MR) is 52.6 cm³/mol. The van der Waals surface area contributed by atoms with Gasteiger partial charge in [0, 0.05) is 6.54 Å². The smallest absolute Gasteiger partial charge is 0.158 e. The molecule has 1 N–H and O–H groups in total. The summed E-state index contributed by atoms with van der Waals surface area (Å²) in [5.41, 5.74) is -0.505. The molecule has 2 rings (SSSR count). The van der Waals surface area contributed by atoms with Crippen LogP contribution in [0.3, 0.4) is 0 Å². The van der Waals surface area contributed by atoms with Gasteiger partial charge in [0.2, 0.25) is 0 Å². The van der Waals surface area contributed by atoms with Crippen LogP contribution in [0.1, 0.15) is 39.4 Å². The van der Waals surface area contributed by atoms with Crippen LogP contribution in [0.25, 0.3) is 0 Å². The van der Waals surface area contributed by atoms with Crippen molar-refractivity contribution in [2.75, 3.05) is 0 Å². The highest BCUT2D eigenvalue weighted by Crippen LogP contribution is 2.52. The van der Waals surface area contributed by atoms with Crippen molar-refractivity contribution < 1.29 is 5.11 Å². The van der Waals surface area contributed by atoms with E-state index in [-0.39, 0.29) is 5.41 Å². The van der Waals surface area contributed by atoms with E-state index >= 15 is 0 Å². The lowest BCUT2D eigenvalue weighted by Crippen LogP contribution is -2.48. The van der Waals surface area contributed by atoms with Crippen molar-refractivity contribution in [2.45, 2.75) is 45.8 Å². The van der Waals surface area contributed by atoms with Gasteiger partial charge in [-0.05, 0) is 25.2 Å². The summed E-state index contributed by atoms with van der Waals surface area (Å²) in [6, 6.07) is 0. The molecular weight excluding hydrogens is 178 g/mol. The molecule has 1 fully saturated rings. The molecule has 1 aromatic rings. The van der Waals surface area contributed by atoms with Gasteiger partial charge in [-0.25, -0.2) is 9.67 Å². The molecule has 1 saturated carbocycles. The van der Waals surface area contributed by atoms with Crippen molar-refractivity contribution in [1.29, 1.82) is 0 Å². The normalized spacial score (nSPS) is 23.1. The standard InChI is InChI=1S/C10H17N3O/c1-4-13-8(11-7-12-13)10(14)5-9(2,3)6-10/h7,14H,4-6H2,1-3H3. The van der Waals surface area contributed by atoms with Crippen molar-refractivity contribution in [1.82, 2.24) is 14.8 Å². The highest BCUT2D eigenvalue weighted by atomic mass is 16.3. The summed E-state index contributed by atoms with van der Waals surface area (Å²) >= 11 is 0. The first-order valence-electron chi connectivity index (χ1n) is 5.07. The van der Waals surface area contributed by atoms with Gasteiger partial charge in [0.1, 0.15) is 11.9 Å². The van der Waals surface area contributed by atoms with Crippen LogP contribution in [0.2, 0.25) is 0 Å². The third-order valence-electron chi connectivity index (χ3n) is 2.87. The summed E-state index contributed by atoms with van der Waals surface area (Å²) < 4.78 is 1.77. The third-order valence-corrected chi connectivity index (χ3v) is 2.87. The molecular formula is C10H17N3O. The zero-order valence-corrected chi connectivity index (χ0v) is 8.99. The molecule has 1 aliphatic rings. The number of aromatic nitrogens is 3. The quantitative estimate of drug-likeness (QED) is 0.774. The topological polar surface area (TPSA) is 50.9 Å². The predicted octanol–water partition coefficient (Wildman–Crippen LogP) is 1.31. The minimum atomic E-state index is -0.740. The van der Waals surface area contributed by atoms with Crippen LogP contribution in [-0.4, -0.2) is 19.9 Å². The van der Waals surface area contributed by atoms with E-state index in [9.17, 15) is 5.11 Å². The van der Waals surface area contributed by atoms with Crippen LogP contribution in [0, 0.1) is 5.41 Å². The number of hydrogen-bond donors (Lipinski definition) is 1. The fourth-order valence-electron chi connectivity index (χ4n) is 2.55. The van der Waals surface area contributed by atoms with Crippen LogP contribution < -0.4 is 0 Å². The molecule has 1 aromatic heterocycles. The fraction of sp³-hybridized carbons (Fsp3) is 0.800. The molecule has 14 heavy (non-hydrogen) atoms. The molecule has 1 heterocycles. The first-order valence-corrected chi connectivity index (χ1v) is 5.07. The van der Waals surface area contributed by atoms with Crippen LogP contribution in [-0.2, 0) is 12.1 Å². The molecule has 0 aromatic carbocycles. The molecule has 0 radical (unpaired) electrons. The lowest BCUT2D eigenvalue weighted by atomic mass is 9.61. The Bertz CT molecular complexity index is 335. The largest absolute Gasteiger partial charge is 0.382 e. The Morgan fingerprint density at radius 3 is 2.64 bits per heavy atom. The van der Waals surface area contributed by atoms with Crippen molar-refractivity contribution in [3.8, 4) is 0 Å². The van der Waals surface area contributed by atoms with E-state index in [1.165, 1.54) is 6.33 Å². The van der Waals surface area contributed by atoms with Gasteiger partial charge in [0.25, 0.3) is 0 Å². The van der Waals surface area contributed by atoms with Gasteiger partial charge in [0.05, 0.1) is 0 Å². The van der Waals surface area contributed by atoms with Crippen molar-refractivity contribution in [3.63, 3.8) is 0 Å². The van der Waals surface area contributed by atoms with Gasteiger partial charge >= 0.3 is 0 Å². The lowest BCUT2D eigenvalue weighted by Gasteiger charge is -2.48.